The monoisotopic (exact) mass is 288 g/mol. The number of H-pyrrole nitrogens is 1. The van der Waals surface area contributed by atoms with E-state index in [1.165, 1.54) is 35.9 Å². The maximum absolute atomic E-state index is 8.77. The highest BCUT2D eigenvalue weighted by atomic mass is 16.5. The molecule has 0 aliphatic carbocycles. The van der Waals surface area contributed by atoms with E-state index in [0.29, 0.717) is 19.3 Å². The fourth-order valence-electron chi connectivity index (χ4n) is 3.23. The smallest absolute Gasteiger partial charge is 0.0698 e. The van der Waals surface area contributed by atoms with Gasteiger partial charge in [-0.1, -0.05) is 24.6 Å². The number of piperidine rings is 1. The van der Waals surface area contributed by atoms with Crippen molar-refractivity contribution in [2.24, 2.45) is 0 Å². The second kappa shape index (κ2) is 7.07. The fourth-order valence-corrected chi connectivity index (χ4v) is 3.23. The highest BCUT2D eigenvalue weighted by Crippen LogP contribution is 2.31. The molecule has 1 fully saturated rings. The second-order valence-corrected chi connectivity index (χ2v) is 5.70. The minimum absolute atomic E-state index is 0.103. The van der Waals surface area contributed by atoms with Crippen LogP contribution in [0.5, 0.6) is 0 Å². The largest absolute Gasteiger partial charge is 0.394 e. The van der Waals surface area contributed by atoms with Gasteiger partial charge in [-0.05, 0) is 36.9 Å². The highest BCUT2D eigenvalue weighted by Gasteiger charge is 2.24. The molecule has 21 heavy (non-hydrogen) atoms. The Morgan fingerprint density at radius 1 is 1.24 bits per heavy atom. The van der Waals surface area contributed by atoms with Gasteiger partial charge in [-0.15, -0.1) is 0 Å². The normalized spacial score (nSPS) is 20.1. The van der Waals surface area contributed by atoms with Gasteiger partial charge in [-0.3, -0.25) is 4.90 Å². The van der Waals surface area contributed by atoms with Crippen molar-refractivity contribution >= 4 is 10.9 Å². The molecule has 1 aromatic carbocycles. The summed E-state index contributed by atoms with van der Waals surface area (Å²) >= 11 is 0. The van der Waals surface area contributed by atoms with E-state index in [4.69, 9.17) is 9.84 Å². The molecule has 4 nitrogen and oxygen atoms in total. The van der Waals surface area contributed by atoms with Crippen LogP contribution in [0.1, 0.15) is 31.0 Å². The molecule has 3 rings (SSSR count). The number of fused-ring (bicyclic) bond motifs is 1. The van der Waals surface area contributed by atoms with Gasteiger partial charge in [-0.2, -0.15) is 0 Å². The lowest BCUT2D eigenvalue weighted by Gasteiger charge is -2.35. The number of nitrogens with one attached hydrogen (secondary N) is 1. The van der Waals surface area contributed by atoms with Crippen molar-refractivity contribution in [2.45, 2.75) is 25.3 Å². The Balaban J connectivity index is 1.70. The van der Waals surface area contributed by atoms with E-state index in [2.05, 4.69) is 40.2 Å². The van der Waals surface area contributed by atoms with Crippen molar-refractivity contribution in [1.82, 2.24) is 9.88 Å². The first kappa shape index (κ1) is 14.6. The molecule has 1 unspecified atom stereocenters. The van der Waals surface area contributed by atoms with Crippen LogP contribution in [0.2, 0.25) is 0 Å². The Hall–Kier alpha value is -1.36. The van der Waals surface area contributed by atoms with E-state index in [9.17, 15) is 0 Å². The molecule has 0 saturated carbocycles. The van der Waals surface area contributed by atoms with E-state index >= 15 is 0 Å². The molecule has 0 amide bonds. The molecule has 2 aromatic rings. The van der Waals surface area contributed by atoms with Crippen LogP contribution in [-0.2, 0) is 4.74 Å². The van der Waals surface area contributed by atoms with Crippen LogP contribution < -0.4 is 0 Å². The van der Waals surface area contributed by atoms with Crippen molar-refractivity contribution in [3.63, 3.8) is 0 Å². The van der Waals surface area contributed by atoms with Crippen LogP contribution in [0.15, 0.2) is 30.3 Å². The van der Waals surface area contributed by atoms with E-state index in [1.54, 1.807) is 0 Å². The number of para-hydroxylation sites is 1. The van der Waals surface area contributed by atoms with E-state index < -0.39 is 0 Å². The quantitative estimate of drug-likeness (QED) is 0.804. The number of likely N-dealkylation sites (tertiary alicyclic amines) is 1. The number of nitrogens with zero attached hydrogens (tertiary/aromatic N) is 1. The van der Waals surface area contributed by atoms with Crippen LogP contribution in [0.3, 0.4) is 0 Å². The summed E-state index contributed by atoms with van der Waals surface area (Å²) in [6.07, 6.45) is 3.75. The molecule has 1 saturated heterocycles. The maximum atomic E-state index is 8.77. The Labute approximate surface area is 125 Å². The first-order valence-corrected chi connectivity index (χ1v) is 7.89. The van der Waals surface area contributed by atoms with Crippen molar-refractivity contribution in [1.29, 1.82) is 0 Å². The van der Waals surface area contributed by atoms with Crippen LogP contribution in [0, 0.1) is 0 Å². The third kappa shape index (κ3) is 3.46. The molecule has 4 heteroatoms. The first-order chi connectivity index (χ1) is 10.4. The number of aliphatic hydroxyl groups excluding tert-OH is 1. The summed E-state index contributed by atoms with van der Waals surface area (Å²) in [5, 5.41) is 10.1. The number of ether oxygens (including phenoxy) is 1. The Morgan fingerprint density at radius 2 is 2.14 bits per heavy atom. The average Bonchev–Trinajstić information content (AvgIpc) is 2.96. The number of benzene rings is 1. The lowest BCUT2D eigenvalue weighted by Crippen LogP contribution is -2.36. The van der Waals surface area contributed by atoms with E-state index in [1.807, 2.05) is 0 Å². The predicted octanol–water partition coefficient (Wildman–Crippen LogP) is 2.70. The van der Waals surface area contributed by atoms with Gasteiger partial charge in [0.2, 0.25) is 0 Å². The molecule has 1 aliphatic rings. The standard InChI is InChI=1S/C17H24N2O2/c20-10-12-21-11-9-19-8-4-3-7-17(19)16-13-14-5-1-2-6-15(14)18-16/h1-2,5-6,13,17-18,20H,3-4,7-12H2. The zero-order valence-corrected chi connectivity index (χ0v) is 12.4. The summed E-state index contributed by atoms with van der Waals surface area (Å²) in [6.45, 7) is 3.29. The first-order valence-electron chi connectivity index (χ1n) is 7.89. The van der Waals surface area contributed by atoms with E-state index in [0.717, 1.165) is 13.1 Å². The molecular weight excluding hydrogens is 264 g/mol. The summed E-state index contributed by atoms with van der Waals surface area (Å²) in [5.74, 6) is 0. The summed E-state index contributed by atoms with van der Waals surface area (Å²) < 4.78 is 5.43. The van der Waals surface area contributed by atoms with Gasteiger partial charge in [0.25, 0.3) is 0 Å². The molecule has 1 atom stereocenters. The Kier molecular flexibility index (Phi) is 4.91. The van der Waals surface area contributed by atoms with Gasteiger partial charge in [-0.25, -0.2) is 0 Å². The molecule has 1 aliphatic heterocycles. The minimum Gasteiger partial charge on any atom is -0.394 e. The minimum atomic E-state index is 0.103. The van der Waals surface area contributed by atoms with Gasteiger partial charge in [0.05, 0.1) is 19.8 Å². The molecule has 114 valence electrons. The number of aliphatic hydroxyl groups is 1. The average molecular weight is 288 g/mol. The summed E-state index contributed by atoms with van der Waals surface area (Å²) in [6, 6.07) is 11.2. The van der Waals surface area contributed by atoms with Crippen molar-refractivity contribution in [3.8, 4) is 0 Å². The summed E-state index contributed by atoms with van der Waals surface area (Å²) in [4.78, 5) is 6.08. The van der Waals surface area contributed by atoms with Crippen LogP contribution in [0.25, 0.3) is 10.9 Å². The predicted molar refractivity (Wildman–Crippen MR) is 84.4 cm³/mol. The number of hydrogen-bond donors (Lipinski definition) is 2. The SMILES string of the molecule is OCCOCCN1CCCCC1c1cc2ccccc2[nH]1. The number of aromatic amines is 1. The summed E-state index contributed by atoms with van der Waals surface area (Å²) in [7, 11) is 0. The molecule has 0 radical (unpaired) electrons. The van der Waals surface area contributed by atoms with Crippen molar-refractivity contribution in [2.75, 3.05) is 32.9 Å². The molecule has 2 N–H and O–H groups in total. The van der Waals surface area contributed by atoms with Crippen LogP contribution in [0.4, 0.5) is 0 Å². The highest BCUT2D eigenvalue weighted by molar-refractivity contribution is 5.80. The topological polar surface area (TPSA) is 48.5 Å². The Bertz CT molecular complexity index is 534. The van der Waals surface area contributed by atoms with Gasteiger partial charge < -0.3 is 14.8 Å². The summed E-state index contributed by atoms with van der Waals surface area (Å²) in [5.41, 5.74) is 2.53. The van der Waals surface area contributed by atoms with Crippen molar-refractivity contribution in [3.05, 3.63) is 36.0 Å². The molecule has 2 heterocycles. The number of rotatable bonds is 6. The lowest BCUT2D eigenvalue weighted by molar-refractivity contribution is 0.0525. The van der Waals surface area contributed by atoms with E-state index in [-0.39, 0.29) is 6.61 Å². The van der Waals surface area contributed by atoms with Gasteiger partial charge in [0, 0.05) is 23.8 Å². The third-order valence-electron chi connectivity index (χ3n) is 4.28. The van der Waals surface area contributed by atoms with Crippen molar-refractivity contribution < 1.29 is 9.84 Å². The fraction of sp³-hybridized carbons (Fsp3) is 0.529. The molecule has 0 bridgehead atoms. The molecule has 1 aromatic heterocycles. The van der Waals surface area contributed by atoms with Gasteiger partial charge >= 0.3 is 0 Å². The zero-order chi connectivity index (χ0) is 14.5. The lowest BCUT2D eigenvalue weighted by atomic mass is 9.99. The number of hydrogen-bond acceptors (Lipinski definition) is 3. The third-order valence-corrected chi connectivity index (χ3v) is 4.28. The van der Waals surface area contributed by atoms with Gasteiger partial charge in [0.15, 0.2) is 0 Å². The van der Waals surface area contributed by atoms with Crippen LogP contribution in [-0.4, -0.2) is 47.9 Å². The molecular formula is C17H24N2O2. The maximum Gasteiger partial charge on any atom is 0.0698 e. The Morgan fingerprint density at radius 3 is 3.00 bits per heavy atom. The molecule has 0 spiro atoms. The van der Waals surface area contributed by atoms with Crippen LogP contribution >= 0.6 is 0 Å². The number of aromatic nitrogens is 1. The second-order valence-electron chi connectivity index (χ2n) is 5.70. The van der Waals surface area contributed by atoms with Gasteiger partial charge in [0.1, 0.15) is 0 Å². The zero-order valence-electron chi connectivity index (χ0n) is 12.4.